The zero-order valence-electron chi connectivity index (χ0n) is 24.1. The zero-order chi connectivity index (χ0) is 29.7. The summed E-state index contributed by atoms with van der Waals surface area (Å²) in [4.78, 5) is 55.4. The number of nitrogens with one attached hydrogen (secondary N) is 2. The molecule has 0 aromatic heterocycles. The van der Waals surface area contributed by atoms with Crippen molar-refractivity contribution in [3.63, 3.8) is 0 Å². The molecule has 3 amide bonds. The molecule has 42 heavy (non-hydrogen) atoms. The minimum Gasteiger partial charge on any atom is -0.496 e. The van der Waals surface area contributed by atoms with E-state index in [-0.39, 0.29) is 55.4 Å². The van der Waals surface area contributed by atoms with Crippen LogP contribution in [0.1, 0.15) is 38.7 Å². The largest absolute Gasteiger partial charge is 0.496 e. The third-order valence-corrected chi connectivity index (χ3v) is 7.84. The Morgan fingerprint density at radius 2 is 1.79 bits per heavy atom. The number of likely N-dealkylation sites (N-methyl/N-ethyl adjacent to an activating group) is 1. The van der Waals surface area contributed by atoms with E-state index in [1.807, 2.05) is 42.5 Å². The first kappa shape index (κ1) is 33.0. The number of carbonyl (C=O) groups excluding carboxylic acids is 4. The average molecular weight is 660 g/mol. The fourth-order valence-corrected chi connectivity index (χ4v) is 5.38. The SMILES string of the molecule is CNC(C)C(=O)NC1CN(C(=O)CCCC(C)=O)c2ccccc2N(Cc2c(OC)ccc3cc(Br)ccc23)C1=O.Cl. The van der Waals surface area contributed by atoms with E-state index in [4.69, 9.17) is 4.74 Å². The number of ketones is 1. The topological polar surface area (TPSA) is 108 Å². The van der Waals surface area contributed by atoms with Gasteiger partial charge in [-0.25, -0.2) is 0 Å². The summed E-state index contributed by atoms with van der Waals surface area (Å²) >= 11 is 3.53. The van der Waals surface area contributed by atoms with Crippen LogP contribution in [-0.2, 0) is 25.7 Å². The molecule has 9 nitrogen and oxygen atoms in total. The van der Waals surface area contributed by atoms with Crippen LogP contribution in [0.5, 0.6) is 5.75 Å². The van der Waals surface area contributed by atoms with Gasteiger partial charge in [0.25, 0.3) is 5.91 Å². The number of Topliss-reactive ketones (excluding diaryl/α,β-unsaturated/α-hetero) is 1. The number of ether oxygens (including phenoxy) is 1. The van der Waals surface area contributed by atoms with Gasteiger partial charge in [-0.3, -0.25) is 14.4 Å². The van der Waals surface area contributed by atoms with Gasteiger partial charge < -0.3 is 30.0 Å². The molecule has 2 N–H and O–H groups in total. The molecular formula is C31H36BrClN4O5. The summed E-state index contributed by atoms with van der Waals surface area (Å²) in [6.07, 6.45) is 0.839. The lowest BCUT2D eigenvalue weighted by molar-refractivity contribution is -0.128. The van der Waals surface area contributed by atoms with Crippen molar-refractivity contribution in [3.8, 4) is 5.75 Å². The molecule has 3 aromatic carbocycles. The highest BCUT2D eigenvalue weighted by atomic mass is 79.9. The number of halogens is 2. The van der Waals surface area contributed by atoms with E-state index in [0.29, 0.717) is 30.0 Å². The first-order chi connectivity index (χ1) is 19.6. The number of methoxy groups -OCH3 is 1. The van der Waals surface area contributed by atoms with Gasteiger partial charge in [-0.2, -0.15) is 0 Å². The van der Waals surface area contributed by atoms with Gasteiger partial charge in [0.2, 0.25) is 11.8 Å². The third kappa shape index (κ3) is 7.29. The summed E-state index contributed by atoms with van der Waals surface area (Å²) in [6.45, 7) is 3.31. The number of nitrogens with zero attached hydrogens (tertiary/aromatic N) is 2. The van der Waals surface area contributed by atoms with Gasteiger partial charge in [0.05, 0.1) is 37.6 Å². The van der Waals surface area contributed by atoms with Crippen LogP contribution in [0.15, 0.2) is 59.1 Å². The summed E-state index contributed by atoms with van der Waals surface area (Å²) in [5, 5.41) is 7.65. The first-order valence-electron chi connectivity index (χ1n) is 13.6. The number of anilines is 2. The van der Waals surface area contributed by atoms with Crippen molar-refractivity contribution in [2.24, 2.45) is 0 Å². The van der Waals surface area contributed by atoms with Crippen LogP contribution in [-0.4, -0.2) is 56.3 Å². The molecule has 0 bridgehead atoms. The normalized spacial score (nSPS) is 15.4. The maximum atomic E-state index is 14.3. The van der Waals surface area contributed by atoms with Crippen molar-refractivity contribution < 1.29 is 23.9 Å². The second-order valence-electron chi connectivity index (χ2n) is 10.2. The second kappa shape index (κ2) is 14.6. The Labute approximate surface area is 260 Å². The maximum absolute atomic E-state index is 14.3. The van der Waals surface area contributed by atoms with E-state index in [2.05, 4.69) is 26.6 Å². The fraction of sp³-hybridized carbons (Fsp3) is 0.355. The van der Waals surface area contributed by atoms with E-state index in [9.17, 15) is 19.2 Å². The lowest BCUT2D eigenvalue weighted by atomic mass is 10.0. The van der Waals surface area contributed by atoms with Gasteiger partial charge in [0.15, 0.2) is 0 Å². The lowest BCUT2D eigenvalue weighted by Gasteiger charge is -2.27. The van der Waals surface area contributed by atoms with Crippen molar-refractivity contribution in [1.82, 2.24) is 10.6 Å². The Balaban J connectivity index is 0.00000484. The Kier molecular flexibility index (Phi) is 11.5. The van der Waals surface area contributed by atoms with Crippen LogP contribution in [0, 0.1) is 0 Å². The molecule has 0 saturated carbocycles. The molecule has 3 aromatic rings. The molecule has 0 saturated heterocycles. The van der Waals surface area contributed by atoms with Crippen LogP contribution in [0.2, 0.25) is 0 Å². The van der Waals surface area contributed by atoms with Crippen LogP contribution in [0.4, 0.5) is 11.4 Å². The van der Waals surface area contributed by atoms with Gasteiger partial charge in [-0.1, -0.05) is 40.2 Å². The summed E-state index contributed by atoms with van der Waals surface area (Å²) in [6, 6.07) is 15.4. The number of carbonyl (C=O) groups is 4. The quantitative estimate of drug-likeness (QED) is 0.325. The van der Waals surface area contributed by atoms with E-state index in [1.54, 1.807) is 43.0 Å². The van der Waals surface area contributed by atoms with Crippen LogP contribution < -0.4 is 25.2 Å². The van der Waals surface area contributed by atoms with Gasteiger partial charge >= 0.3 is 0 Å². The van der Waals surface area contributed by atoms with E-state index >= 15 is 0 Å². The molecule has 1 heterocycles. The molecule has 0 spiro atoms. The van der Waals surface area contributed by atoms with E-state index < -0.39 is 12.1 Å². The highest BCUT2D eigenvalue weighted by Crippen LogP contribution is 2.37. The van der Waals surface area contributed by atoms with Crippen LogP contribution in [0.25, 0.3) is 10.8 Å². The number of benzene rings is 3. The van der Waals surface area contributed by atoms with E-state index in [1.165, 1.54) is 6.92 Å². The molecule has 11 heteroatoms. The number of para-hydroxylation sites is 2. The summed E-state index contributed by atoms with van der Waals surface area (Å²) in [5.74, 6) is -0.284. The highest BCUT2D eigenvalue weighted by molar-refractivity contribution is 9.10. The minimum absolute atomic E-state index is 0. The fourth-order valence-electron chi connectivity index (χ4n) is 5.00. The van der Waals surface area contributed by atoms with Gasteiger partial charge in [0, 0.05) is 22.9 Å². The number of fused-ring (bicyclic) bond motifs is 2. The Bertz CT molecular complexity index is 1480. The number of hydrogen-bond donors (Lipinski definition) is 2. The van der Waals surface area contributed by atoms with Gasteiger partial charge in [-0.05, 0) is 68.4 Å². The number of amides is 3. The summed E-state index contributed by atoms with van der Waals surface area (Å²) < 4.78 is 6.65. The molecule has 0 aliphatic carbocycles. The molecule has 1 aliphatic heterocycles. The zero-order valence-corrected chi connectivity index (χ0v) is 26.5. The standard InChI is InChI=1S/C31H35BrN4O5.ClH/c1-19(37)8-7-11-29(38)35-18-25(34-30(39)20(2)33-3)31(40)36(27-10-6-5-9-26(27)35)17-24-23-14-13-22(32)16-21(23)12-15-28(24)41-4;/h5-6,9-10,12-16,20,25,33H,7-8,11,17-18H2,1-4H3,(H,34,39);1H. The average Bonchev–Trinajstić information content (AvgIpc) is 3.07. The van der Waals surface area contributed by atoms with Crippen molar-refractivity contribution in [1.29, 1.82) is 0 Å². The Morgan fingerprint density at radius 3 is 2.45 bits per heavy atom. The third-order valence-electron chi connectivity index (χ3n) is 7.34. The van der Waals surface area contributed by atoms with Gasteiger partial charge in [0.1, 0.15) is 17.6 Å². The molecule has 2 atom stereocenters. The molecule has 0 fully saturated rings. The van der Waals surface area contributed by atoms with Crippen molar-refractivity contribution in [2.75, 3.05) is 30.5 Å². The van der Waals surface area contributed by atoms with Gasteiger partial charge in [-0.15, -0.1) is 12.4 Å². The summed E-state index contributed by atoms with van der Waals surface area (Å²) in [7, 11) is 3.25. The lowest BCUT2D eigenvalue weighted by Crippen LogP contribution is -2.55. The molecule has 224 valence electrons. The predicted molar refractivity (Wildman–Crippen MR) is 170 cm³/mol. The van der Waals surface area contributed by atoms with Crippen LogP contribution >= 0.6 is 28.3 Å². The molecule has 2 unspecified atom stereocenters. The monoisotopic (exact) mass is 658 g/mol. The van der Waals surface area contributed by atoms with Crippen molar-refractivity contribution in [2.45, 2.75) is 51.7 Å². The first-order valence-corrected chi connectivity index (χ1v) is 14.4. The van der Waals surface area contributed by atoms with E-state index in [0.717, 1.165) is 20.8 Å². The number of hydrogen-bond acceptors (Lipinski definition) is 6. The number of rotatable bonds is 10. The Hall–Kier alpha value is -3.47. The second-order valence-corrected chi connectivity index (χ2v) is 11.1. The minimum atomic E-state index is -1.00. The Morgan fingerprint density at radius 1 is 1.07 bits per heavy atom. The molecule has 0 radical (unpaired) electrons. The predicted octanol–water partition coefficient (Wildman–Crippen LogP) is 4.76. The van der Waals surface area contributed by atoms with Crippen LogP contribution in [0.3, 0.4) is 0 Å². The molecule has 1 aliphatic rings. The molecular weight excluding hydrogens is 624 g/mol. The maximum Gasteiger partial charge on any atom is 0.251 e. The van der Waals surface area contributed by atoms with Crippen molar-refractivity contribution >= 4 is 74.0 Å². The smallest absolute Gasteiger partial charge is 0.251 e. The van der Waals surface area contributed by atoms with Crippen molar-refractivity contribution in [3.05, 3.63) is 64.6 Å². The highest BCUT2D eigenvalue weighted by Gasteiger charge is 2.37. The molecule has 4 rings (SSSR count). The summed E-state index contributed by atoms with van der Waals surface area (Å²) in [5.41, 5.74) is 1.91.